The van der Waals surface area contributed by atoms with Crippen LogP contribution in [0, 0.1) is 0 Å². The molecular weight excluding hydrogens is 400 g/mol. The smallest absolute Gasteiger partial charge is 0.133 e. The second kappa shape index (κ2) is 8.37. The number of aromatic nitrogens is 2. The maximum absolute atomic E-state index is 6.23. The van der Waals surface area contributed by atoms with Crippen molar-refractivity contribution in [3.63, 3.8) is 0 Å². The van der Waals surface area contributed by atoms with Crippen molar-refractivity contribution in [1.82, 2.24) is 9.97 Å². The normalized spacial score (nSPS) is 12.1. The van der Waals surface area contributed by atoms with Gasteiger partial charge in [0, 0.05) is 26.9 Å². The fourth-order valence-electron chi connectivity index (χ4n) is 3.06. The summed E-state index contributed by atoms with van der Waals surface area (Å²) in [5, 5.41) is 0.694. The Morgan fingerprint density at radius 2 is 1.62 bits per heavy atom. The van der Waals surface area contributed by atoms with E-state index in [0.717, 1.165) is 27.7 Å². The van der Waals surface area contributed by atoms with Gasteiger partial charge in [0.25, 0.3) is 0 Å². The molecule has 0 atom stereocenters. The number of ether oxygens (including phenoxy) is 1. The number of hydrogen-bond donors (Lipinski definition) is 1. The first-order valence-corrected chi connectivity index (χ1v) is 10.4. The zero-order chi connectivity index (χ0) is 21.2. The molecule has 0 saturated carbocycles. The van der Waals surface area contributed by atoms with Crippen LogP contribution in [-0.2, 0) is 17.4 Å². The Morgan fingerprint density at radius 3 is 2.24 bits per heavy atom. The third-order valence-electron chi connectivity index (χ3n) is 4.95. The standard InChI is InChI=1S/C24H27ClN2OS/c1-23(2,3)22-26-11-10-19(27-22)15-28-20-8-6-16(7-9-20)24(4,5)17-12-18(25)14-21(29)13-17/h6-14,29H,15H2,1-5H3. The van der Waals surface area contributed by atoms with E-state index in [1.54, 1.807) is 6.20 Å². The predicted octanol–water partition coefficient (Wildman–Crippen LogP) is 6.62. The molecule has 29 heavy (non-hydrogen) atoms. The molecule has 0 amide bonds. The highest BCUT2D eigenvalue weighted by molar-refractivity contribution is 7.80. The second-order valence-corrected chi connectivity index (χ2v) is 9.71. The molecule has 1 aromatic heterocycles. The third kappa shape index (κ3) is 5.31. The molecule has 0 aliphatic rings. The van der Waals surface area contributed by atoms with Crippen LogP contribution < -0.4 is 4.74 Å². The SMILES string of the molecule is CC(C)(C)c1nccc(COc2ccc(C(C)(C)c3cc(S)cc(Cl)c3)cc2)n1. The van der Waals surface area contributed by atoms with E-state index < -0.39 is 0 Å². The van der Waals surface area contributed by atoms with Crippen molar-refractivity contribution in [2.24, 2.45) is 0 Å². The van der Waals surface area contributed by atoms with Crippen LogP contribution in [-0.4, -0.2) is 9.97 Å². The Bertz CT molecular complexity index is 974. The molecule has 2 aromatic carbocycles. The molecule has 152 valence electrons. The third-order valence-corrected chi connectivity index (χ3v) is 5.43. The van der Waals surface area contributed by atoms with Crippen LogP contribution in [0.15, 0.2) is 59.6 Å². The Balaban J connectivity index is 1.73. The van der Waals surface area contributed by atoms with Gasteiger partial charge in [0.15, 0.2) is 0 Å². The number of benzene rings is 2. The molecule has 0 bridgehead atoms. The minimum Gasteiger partial charge on any atom is -0.487 e. The van der Waals surface area contributed by atoms with Crippen LogP contribution in [0.5, 0.6) is 5.75 Å². The van der Waals surface area contributed by atoms with Gasteiger partial charge >= 0.3 is 0 Å². The summed E-state index contributed by atoms with van der Waals surface area (Å²) < 4.78 is 5.95. The Hall–Kier alpha value is -2.04. The summed E-state index contributed by atoms with van der Waals surface area (Å²) in [7, 11) is 0. The molecule has 0 fully saturated rings. The van der Waals surface area contributed by atoms with Crippen LogP contribution >= 0.6 is 24.2 Å². The lowest BCUT2D eigenvalue weighted by atomic mass is 9.78. The van der Waals surface area contributed by atoms with E-state index in [2.05, 4.69) is 75.4 Å². The van der Waals surface area contributed by atoms with Gasteiger partial charge in [-0.05, 0) is 47.5 Å². The molecule has 0 aliphatic heterocycles. The van der Waals surface area contributed by atoms with E-state index >= 15 is 0 Å². The van der Waals surface area contributed by atoms with Crippen molar-refractivity contribution in [1.29, 1.82) is 0 Å². The molecule has 3 nitrogen and oxygen atoms in total. The van der Waals surface area contributed by atoms with Crippen molar-refractivity contribution < 1.29 is 4.74 Å². The topological polar surface area (TPSA) is 35.0 Å². The molecule has 0 N–H and O–H groups in total. The van der Waals surface area contributed by atoms with Crippen molar-refractivity contribution in [3.05, 3.63) is 82.4 Å². The monoisotopic (exact) mass is 426 g/mol. The highest BCUT2D eigenvalue weighted by Crippen LogP contribution is 2.35. The molecule has 3 aromatic rings. The lowest BCUT2D eigenvalue weighted by Gasteiger charge is -2.27. The zero-order valence-corrected chi connectivity index (χ0v) is 19.2. The number of halogens is 1. The van der Waals surface area contributed by atoms with Crippen molar-refractivity contribution in [3.8, 4) is 5.75 Å². The maximum Gasteiger partial charge on any atom is 0.133 e. The number of rotatable bonds is 5. The summed E-state index contributed by atoms with van der Waals surface area (Å²) >= 11 is 10.7. The molecular formula is C24H27ClN2OS. The number of hydrogen-bond acceptors (Lipinski definition) is 4. The van der Waals surface area contributed by atoms with Gasteiger partial charge in [0.2, 0.25) is 0 Å². The van der Waals surface area contributed by atoms with Crippen LogP contribution in [0.2, 0.25) is 5.02 Å². The summed E-state index contributed by atoms with van der Waals surface area (Å²) in [5.41, 5.74) is 2.89. The van der Waals surface area contributed by atoms with Crippen LogP contribution in [0.1, 0.15) is 57.3 Å². The second-order valence-electron chi connectivity index (χ2n) is 8.76. The fourth-order valence-corrected chi connectivity index (χ4v) is 3.65. The van der Waals surface area contributed by atoms with E-state index in [9.17, 15) is 0 Å². The van der Waals surface area contributed by atoms with Gasteiger partial charge in [0.1, 0.15) is 18.2 Å². The molecule has 1 heterocycles. The van der Waals surface area contributed by atoms with Crippen molar-refractivity contribution in [2.45, 2.75) is 57.0 Å². The van der Waals surface area contributed by atoms with Gasteiger partial charge in [-0.15, -0.1) is 12.6 Å². The Labute approximate surface area is 183 Å². The average molecular weight is 427 g/mol. The summed E-state index contributed by atoms with van der Waals surface area (Å²) in [6, 6.07) is 16.0. The molecule has 0 radical (unpaired) electrons. The fraction of sp³-hybridized carbons (Fsp3) is 0.333. The van der Waals surface area contributed by atoms with Crippen LogP contribution in [0.3, 0.4) is 0 Å². The van der Waals surface area contributed by atoms with Gasteiger partial charge in [-0.25, -0.2) is 9.97 Å². The van der Waals surface area contributed by atoms with E-state index in [-0.39, 0.29) is 10.8 Å². The number of thiol groups is 1. The summed E-state index contributed by atoms with van der Waals surface area (Å²) in [4.78, 5) is 9.84. The summed E-state index contributed by atoms with van der Waals surface area (Å²) in [6.07, 6.45) is 1.79. The lowest BCUT2D eigenvalue weighted by molar-refractivity contribution is 0.299. The largest absolute Gasteiger partial charge is 0.487 e. The van der Waals surface area contributed by atoms with Gasteiger partial charge in [-0.3, -0.25) is 0 Å². The molecule has 0 unspecified atom stereocenters. The highest BCUT2D eigenvalue weighted by atomic mass is 35.5. The van der Waals surface area contributed by atoms with Gasteiger partial charge in [-0.2, -0.15) is 0 Å². The molecule has 0 saturated heterocycles. The maximum atomic E-state index is 6.23. The predicted molar refractivity (Wildman–Crippen MR) is 122 cm³/mol. The Kier molecular flexibility index (Phi) is 6.25. The minimum atomic E-state index is -0.199. The van der Waals surface area contributed by atoms with E-state index in [4.69, 9.17) is 16.3 Å². The van der Waals surface area contributed by atoms with Gasteiger partial charge in [-0.1, -0.05) is 58.4 Å². The van der Waals surface area contributed by atoms with Crippen molar-refractivity contribution in [2.75, 3.05) is 0 Å². The van der Waals surface area contributed by atoms with E-state index in [0.29, 0.717) is 11.6 Å². The summed E-state index contributed by atoms with van der Waals surface area (Å²) in [6.45, 7) is 11.1. The van der Waals surface area contributed by atoms with Gasteiger partial charge < -0.3 is 4.74 Å². The highest BCUT2D eigenvalue weighted by Gasteiger charge is 2.24. The lowest BCUT2D eigenvalue weighted by Crippen LogP contribution is -2.19. The van der Waals surface area contributed by atoms with Crippen LogP contribution in [0.4, 0.5) is 0 Å². The van der Waals surface area contributed by atoms with E-state index in [1.165, 1.54) is 5.56 Å². The van der Waals surface area contributed by atoms with Crippen molar-refractivity contribution >= 4 is 24.2 Å². The summed E-state index contributed by atoms with van der Waals surface area (Å²) in [5.74, 6) is 1.63. The zero-order valence-electron chi connectivity index (χ0n) is 17.5. The van der Waals surface area contributed by atoms with Gasteiger partial charge in [0.05, 0.1) is 5.69 Å². The Morgan fingerprint density at radius 1 is 0.931 bits per heavy atom. The number of nitrogens with zero attached hydrogens (tertiary/aromatic N) is 2. The molecule has 3 rings (SSSR count). The first-order chi connectivity index (χ1) is 13.6. The molecule has 0 aliphatic carbocycles. The van der Waals surface area contributed by atoms with E-state index in [1.807, 2.05) is 30.3 Å². The minimum absolute atomic E-state index is 0.0869. The quantitative estimate of drug-likeness (QED) is 0.465. The van der Waals surface area contributed by atoms with Crippen LogP contribution in [0.25, 0.3) is 0 Å². The molecule has 0 spiro atoms. The first kappa shape index (κ1) is 21.7. The molecule has 5 heteroatoms. The average Bonchev–Trinajstić information content (AvgIpc) is 2.65. The first-order valence-electron chi connectivity index (χ1n) is 9.61.